The highest BCUT2D eigenvalue weighted by Gasteiger charge is 2.13. The van der Waals surface area contributed by atoms with Gasteiger partial charge in [-0.1, -0.05) is 20.8 Å². The molecule has 0 saturated carbocycles. The maximum atomic E-state index is 4.50. The van der Waals surface area contributed by atoms with Crippen molar-refractivity contribution in [3.63, 3.8) is 0 Å². The number of thiol groups is 1. The monoisotopic (exact) mass is 206 g/mol. The Morgan fingerprint density at radius 3 is 1.69 bits per heavy atom. The molecule has 3 heteroatoms. The molecule has 0 aliphatic heterocycles. The molecule has 2 nitrogen and oxygen atoms in total. The van der Waals surface area contributed by atoms with E-state index >= 15 is 0 Å². The van der Waals surface area contributed by atoms with E-state index in [4.69, 9.17) is 0 Å². The third kappa shape index (κ3) is 18.9. The molecule has 0 spiro atoms. The maximum Gasteiger partial charge on any atom is 0.0558 e. The molecule has 0 rings (SSSR count). The van der Waals surface area contributed by atoms with E-state index in [0.29, 0.717) is 5.41 Å². The molecule has 0 aromatic carbocycles. The highest BCUT2D eigenvalue weighted by molar-refractivity contribution is 7.81. The van der Waals surface area contributed by atoms with Gasteiger partial charge in [-0.3, -0.25) is 0 Å². The minimum Gasteiger partial charge on any atom is -0.333 e. The SMILES string of the molecule is CC(C)(C)CCNC(C)(C)S.CN. The van der Waals surface area contributed by atoms with Crippen LogP contribution < -0.4 is 11.1 Å². The lowest BCUT2D eigenvalue weighted by atomic mass is 9.92. The number of nitrogens with two attached hydrogens (primary N) is 1. The van der Waals surface area contributed by atoms with Crippen LogP contribution in [0.3, 0.4) is 0 Å². The van der Waals surface area contributed by atoms with E-state index < -0.39 is 0 Å². The van der Waals surface area contributed by atoms with Crippen molar-refractivity contribution in [2.75, 3.05) is 13.6 Å². The molecule has 0 amide bonds. The first-order valence-electron chi connectivity index (χ1n) is 4.76. The lowest BCUT2D eigenvalue weighted by Gasteiger charge is -2.23. The number of hydrogen-bond donors (Lipinski definition) is 3. The summed E-state index contributed by atoms with van der Waals surface area (Å²) in [4.78, 5) is -0.0365. The van der Waals surface area contributed by atoms with Crippen molar-refractivity contribution in [1.29, 1.82) is 0 Å². The van der Waals surface area contributed by atoms with Crippen molar-refractivity contribution in [3.05, 3.63) is 0 Å². The molecule has 0 aromatic rings. The molecule has 0 unspecified atom stereocenters. The molecule has 82 valence electrons. The smallest absolute Gasteiger partial charge is 0.0558 e. The van der Waals surface area contributed by atoms with Gasteiger partial charge in [0, 0.05) is 0 Å². The zero-order chi connectivity index (χ0) is 11.1. The summed E-state index contributed by atoms with van der Waals surface area (Å²) in [6.45, 7) is 11.9. The summed E-state index contributed by atoms with van der Waals surface area (Å²) in [6, 6.07) is 0. The van der Waals surface area contributed by atoms with E-state index in [1.807, 2.05) is 0 Å². The Bertz CT molecular complexity index is 97.1. The number of nitrogens with one attached hydrogen (secondary N) is 1. The molecule has 0 aliphatic carbocycles. The minimum atomic E-state index is -0.0365. The standard InChI is InChI=1S/C9H21NS.CH5N/c1-8(2,3)6-7-10-9(4,5)11;1-2/h10-11H,6-7H2,1-5H3;2H2,1H3. The second kappa shape index (κ2) is 6.68. The molecule has 0 saturated heterocycles. The Hall–Kier alpha value is 0.270. The summed E-state index contributed by atoms with van der Waals surface area (Å²) < 4.78 is 0. The summed E-state index contributed by atoms with van der Waals surface area (Å²) >= 11 is 4.37. The zero-order valence-electron chi connectivity index (χ0n) is 9.94. The average Bonchev–Trinajstić information content (AvgIpc) is 1.86. The number of hydrogen-bond acceptors (Lipinski definition) is 3. The second-order valence-electron chi connectivity index (χ2n) is 4.80. The quantitative estimate of drug-likeness (QED) is 0.489. The fraction of sp³-hybridized carbons (Fsp3) is 1.00. The third-order valence-corrected chi connectivity index (χ3v) is 1.59. The topological polar surface area (TPSA) is 38.0 Å². The van der Waals surface area contributed by atoms with Gasteiger partial charge in [-0.15, -0.1) is 0 Å². The average molecular weight is 206 g/mol. The van der Waals surface area contributed by atoms with Crippen LogP contribution in [0.25, 0.3) is 0 Å². The van der Waals surface area contributed by atoms with Gasteiger partial charge in [0.15, 0.2) is 0 Å². The van der Waals surface area contributed by atoms with Gasteiger partial charge in [-0.25, -0.2) is 0 Å². The fourth-order valence-corrected chi connectivity index (χ4v) is 0.855. The third-order valence-electron chi connectivity index (χ3n) is 1.43. The van der Waals surface area contributed by atoms with Crippen molar-refractivity contribution in [2.24, 2.45) is 11.1 Å². The van der Waals surface area contributed by atoms with E-state index in [0.717, 1.165) is 6.54 Å². The van der Waals surface area contributed by atoms with Gasteiger partial charge in [0.05, 0.1) is 4.87 Å². The highest BCUT2D eigenvalue weighted by Crippen LogP contribution is 2.18. The van der Waals surface area contributed by atoms with Gasteiger partial charge < -0.3 is 11.1 Å². The first-order valence-corrected chi connectivity index (χ1v) is 5.21. The Balaban J connectivity index is 0. The van der Waals surface area contributed by atoms with Crippen LogP contribution in [0.15, 0.2) is 0 Å². The Labute approximate surface area is 89.1 Å². The lowest BCUT2D eigenvalue weighted by Crippen LogP contribution is -2.35. The van der Waals surface area contributed by atoms with Crippen LogP contribution in [-0.2, 0) is 0 Å². The summed E-state index contributed by atoms with van der Waals surface area (Å²) in [7, 11) is 1.50. The lowest BCUT2D eigenvalue weighted by molar-refractivity contribution is 0.355. The minimum absolute atomic E-state index is 0.0365. The van der Waals surface area contributed by atoms with Crippen LogP contribution in [0.2, 0.25) is 0 Å². The molecule has 0 radical (unpaired) electrons. The normalized spacial score (nSPS) is 12.0. The van der Waals surface area contributed by atoms with Crippen LogP contribution in [0, 0.1) is 5.41 Å². The maximum absolute atomic E-state index is 4.50. The van der Waals surface area contributed by atoms with Gasteiger partial charge >= 0.3 is 0 Å². The first-order chi connectivity index (χ1) is 5.71. The molecule has 13 heavy (non-hydrogen) atoms. The van der Waals surface area contributed by atoms with Gasteiger partial charge in [0.2, 0.25) is 0 Å². The van der Waals surface area contributed by atoms with Crippen molar-refractivity contribution < 1.29 is 0 Å². The first kappa shape index (κ1) is 15.7. The van der Waals surface area contributed by atoms with Crippen LogP contribution >= 0.6 is 12.6 Å². The second-order valence-corrected chi connectivity index (χ2v) is 5.91. The molecule has 0 heterocycles. The molecule has 3 N–H and O–H groups in total. The van der Waals surface area contributed by atoms with Crippen molar-refractivity contribution in [2.45, 2.75) is 45.9 Å². The molecule has 0 bridgehead atoms. The number of rotatable bonds is 3. The Morgan fingerprint density at radius 2 is 1.46 bits per heavy atom. The van der Waals surface area contributed by atoms with Crippen LogP contribution in [-0.4, -0.2) is 18.5 Å². The fourth-order valence-electron chi connectivity index (χ4n) is 0.743. The summed E-state index contributed by atoms with van der Waals surface area (Å²) in [6.07, 6.45) is 1.19. The van der Waals surface area contributed by atoms with Crippen LogP contribution in [0.4, 0.5) is 0 Å². The van der Waals surface area contributed by atoms with Gasteiger partial charge in [0.25, 0.3) is 0 Å². The molecule has 0 atom stereocenters. The zero-order valence-corrected chi connectivity index (χ0v) is 10.8. The molecule has 0 aromatic heterocycles. The van der Waals surface area contributed by atoms with Crippen molar-refractivity contribution in [3.8, 4) is 0 Å². The highest BCUT2D eigenvalue weighted by atomic mass is 32.1. The largest absolute Gasteiger partial charge is 0.333 e. The predicted octanol–water partition coefficient (Wildman–Crippen LogP) is 2.25. The van der Waals surface area contributed by atoms with E-state index in [2.05, 4.69) is 58.3 Å². The van der Waals surface area contributed by atoms with Gasteiger partial charge in [-0.05, 0) is 39.3 Å². The van der Waals surface area contributed by atoms with Crippen molar-refractivity contribution >= 4 is 12.6 Å². The van der Waals surface area contributed by atoms with E-state index in [1.165, 1.54) is 13.5 Å². The summed E-state index contributed by atoms with van der Waals surface area (Å²) in [5.74, 6) is 0. The van der Waals surface area contributed by atoms with E-state index in [-0.39, 0.29) is 4.87 Å². The summed E-state index contributed by atoms with van der Waals surface area (Å²) in [5, 5.41) is 3.34. The van der Waals surface area contributed by atoms with Crippen LogP contribution in [0.5, 0.6) is 0 Å². The Kier molecular flexibility index (Phi) is 8.09. The molecular weight excluding hydrogens is 180 g/mol. The molecular formula is C10H26N2S. The summed E-state index contributed by atoms with van der Waals surface area (Å²) in [5.41, 5.74) is 4.92. The van der Waals surface area contributed by atoms with Gasteiger partial charge in [0.1, 0.15) is 0 Å². The molecule has 0 aliphatic rings. The van der Waals surface area contributed by atoms with E-state index in [9.17, 15) is 0 Å². The van der Waals surface area contributed by atoms with Crippen molar-refractivity contribution in [1.82, 2.24) is 5.32 Å². The predicted molar refractivity (Wildman–Crippen MR) is 65.3 cm³/mol. The van der Waals surface area contributed by atoms with Gasteiger partial charge in [-0.2, -0.15) is 12.6 Å². The molecule has 0 fully saturated rings. The van der Waals surface area contributed by atoms with E-state index in [1.54, 1.807) is 0 Å². The van der Waals surface area contributed by atoms with Crippen LogP contribution in [0.1, 0.15) is 41.0 Å². The Morgan fingerprint density at radius 1 is 1.08 bits per heavy atom.